The second-order valence-corrected chi connectivity index (χ2v) is 5.74. The lowest BCUT2D eigenvalue weighted by Gasteiger charge is -2.27. The fraction of sp³-hybridized carbons (Fsp3) is 0.588. The van der Waals surface area contributed by atoms with Crippen LogP contribution in [0.3, 0.4) is 0 Å². The van der Waals surface area contributed by atoms with Crippen LogP contribution >= 0.6 is 0 Å². The van der Waals surface area contributed by atoms with E-state index < -0.39 is 0 Å². The molecule has 2 heterocycles. The number of ketones is 1. The van der Waals surface area contributed by atoms with Gasteiger partial charge in [-0.05, 0) is 36.8 Å². The summed E-state index contributed by atoms with van der Waals surface area (Å²) in [5.41, 5.74) is 2.52. The average molecular weight is 274 g/mol. The summed E-state index contributed by atoms with van der Waals surface area (Å²) in [6.07, 6.45) is 5.38. The van der Waals surface area contributed by atoms with Gasteiger partial charge in [0.25, 0.3) is 0 Å². The molecule has 0 bridgehead atoms. The van der Waals surface area contributed by atoms with E-state index in [1.807, 2.05) is 6.07 Å². The van der Waals surface area contributed by atoms with E-state index in [9.17, 15) is 4.79 Å². The van der Waals surface area contributed by atoms with Gasteiger partial charge in [0.1, 0.15) is 5.78 Å². The molecule has 2 aliphatic heterocycles. The molecule has 1 fully saturated rings. The Morgan fingerprint density at radius 2 is 2.00 bits per heavy atom. The monoisotopic (exact) mass is 274 g/mol. The predicted octanol–water partition coefficient (Wildman–Crippen LogP) is 3.22. The number of fused-ring (bicyclic) bond motifs is 1. The fourth-order valence-corrected chi connectivity index (χ4v) is 3.16. The third kappa shape index (κ3) is 3.28. The van der Waals surface area contributed by atoms with Gasteiger partial charge >= 0.3 is 0 Å². The van der Waals surface area contributed by atoms with Gasteiger partial charge in [-0.3, -0.25) is 4.79 Å². The topological polar surface area (TPSA) is 35.5 Å². The lowest BCUT2D eigenvalue weighted by Crippen LogP contribution is -2.25. The molecule has 0 aliphatic carbocycles. The molecular weight excluding hydrogens is 252 g/mol. The lowest BCUT2D eigenvalue weighted by molar-refractivity contribution is -0.126. The van der Waals surface area contributed by atoms with Crippen LogP contribution < -0.4 is 0 Å². The first-order chi connectivity index (χ1) is 9.83. The van der Waals surface area contributed by atoms with Crippen LogP contribution in [0.25, 0.3) is 0 Å². The molecule has 108 valence electrons. The lowest BCUT2D eigenvalue weighted by atomic mass is 9.93. The predicted molar refractivity (Wildman–Crippen MR) is 76.7 cm³/mol. The standard InChI is InChI=1S/C17H22O3/c18-14(11-15-6-3-4-9-19-15)12-17-16-7-2-1-5-13(16)8-10-20-17/h1-2,5,7,15,17H,3-4,6,8-12H2. The van der Waals surface area contributed by atoms with Crippen molar-refractivity contribution < 1.29 is 14.3 Å². The van der Waals surface area contributed by atoms with E-state index in [2.05, 4.69) is 18.2 Å². The van der Waals surface area contributed by atoms with E-state index in [0.717, 1.165) is 32.5 Å². The zero-order chi connectivity index (χ0) is 13.8. The number of rotatable bonds is 4. The molecule has 0 saturated carbocycles. The molecule has 3 heteroatoms. The molecule has 2 atom stereocenters. The zero-order valence-corrected chi connectivity index (χ0v) is 11.8. The third-order valence-corrected chi connectivity index (χ3v) is 4.23. The molecule has 0 amide bonds. The highest BCUT2D eigenvalue weighted by Gasteiger charge is 2.25. The van der Waals surface area contributed by atoms with E-state index in [0.29, 0.717) is 12.8 Å². The summed E-state index contributed by atoms with van der Waals surface area (Å²) in [7, 11) is 0. The quantitative estimate of drug-likeness (QED) is 0.845. The van der Waals surface area contributed by atoms with Crippen molar-refractivity contribution in [3.8, 4) is 0 Å². The summed E-state index contributed by atoms with van der Waals surface area (Å²) in [6, 6.07) is 8.30. The van der Waals surface area contributed by atoms with E-state index in [1.165, 1.54) is 17.5 Å². The van der Waals surface area contributed by atoms with Crippen LogP contribution in [0.15, 0.2) is 24.3 Å². The minimum absolute atomic E-state index is 0.0592. The second-order valence-electron chi connectivity index (χ2n) is 5.74. The first-order valence-electron chi connectivity index (χ1n) is 7.65. The van der Waals surface area contributed by atoms with Crippen molar-refractivity contribution in [3.05, 3.63) is 35.4 Å². The van der Waals surface area contributed by atoms with Crippen LogP contribution in [0, 0.1) is 0 Å². The number of carbonyl (C=O) groups excluding carboxylic acids is 1. The van der Waals surface area contributed by atoms with Crippen molar-refractivity contribution in [3.63, 3.8) is 0 Å². The van der Waals surface area contributed by atoms with Crippen LogP contribution in [0.4, 0.5) is 0 Å². The largest absolute Gasteiger partial charge is 0.378 e. The molecule has 2 unspecified atom stereocenters. The van der Waals surface area contributed by atoms with E-state index in [-0.39, 0.29) is 18.0 Å². The van der Waals surface area contributed by atoms with Crippen molar-refractivity contribution >= 4 is 5.78 Å². The van der Waals surface area contributed by atoms with E-state index >= 15 is 0 Å². The number of hydrogen-bond acceptors (Lipinski definition) is 3. The Balaban J connectivity index is 1.59. The van der Waals surface area contributed by atoms with Gasteiger partial charge in [-0.1, -0.05) is 24.3 Å². The first kappa shape index (κ1) is 13.8. The summed E-state index contributed by atoms with van der Waals surface area (Å²) in [6.45, 7) is 1.52. The van der Waals surface area contributed by atoms with Crippen LogP contribution in [0.2, 0.25) is 0 Å². The van der Waals surface area contributed by atoms with Crippen molar-refractivity contribution in [1.82, 2.24) is 0 Å². The van der Waals surface area contributed by atoms with Gasteiger partial charge in [-0.2, -0.15) is 0 Å². The summed E-state index contributed by atoms with van der Waals surface area (Å²) in [5.74, 6) is 0.263. The molecule has 1 saturated heterocycles. The van der Waals surface area contributed by atoms with Crippen molar-refractivity contribution in [2.75, 3.05) is 13.2 Å². The Morgan fingerprint density at radius 3 is 2.85 bits per heavy atom. The van der Waals surface area contributed by atoms with E-state index in [1.54, 1.807) is 0 Å². The van der Waals surface area contributed by atoms with Crippen molar-refractivity contribution in [1.29, 1.82) is 0 Å². The zero-order valence-electron chi connectivity index (χ0n) is 11.8. The maximum absolute atomic E-state index is 12.2. The van der Waals surface area contributed by atoms with Gasteiger partial charge in [-0.25, -0.2) is 0 Å². The minimum atomic E-state index is -0.0592. The normalized spacial score (nSPS) is 26.0. The average Bonchev–Trinajstić information content (AvgIpc) is 2.48. The number of carbonyl (C=O) groups is 1. The molecule has 1 aromatic rings. The Hall–Kier alpha value is -1.19. The molecule has 0 N–H and O–H groups in total. The van der Waals surface area contributed by atoms with E-state index in [4.69, 9.17) is 9.47 Å². The van der Waals surface area contributed by atoms with Crippen molar-refractivity contribution in [2.24, 2.45) is 0 Å². The maximum atomic E-state index is 12.2. The van der Waals surface area contributed by atoms with Gasteiger partial charge in [0.05, 0.1) is 18.8 Å². The first-order valence-corrected chi connectivity index (χ1v) is 7.65. The minimum Gasteiger partial charge on any atom is -0.378 e. The Labute approximate surface area is 120 Å². The number of hydrogen-bond donors (Lipinski definition) is 0. The van der Waals surface area contributed by atoms with Crippen LogP contribution in [-0.4, -0.2) is 25.1 Å². The fourth-order valence-electron chi connectivity index (χ4n) is 3.16. The molecule has 1 aromatic carbocycles. The molecular formula is C17H22O3. The molecule has 0 radical (unpaired) electrons. The van der Waals surface area contributed by atoms with Crippen LogP contribution in [0.1, 0.15) is 49.3 Å². The van der Waals surface area contributed by atoms with Gasteiger partial charge < -0.3 is 9.47 Å². The van der Waals surface area contributed by atoms with Gasteiger partial charge in [0, 0.05) is 19.4 Å². The SMILES string of the molecule is O=C(CC1CCCCO1)CC1OCCc2ccccc21. The number of benzene rings is 1. The molecule has 0 aromatic heterocycles. The Kier molecular flexibility index (Phi) is 4.48. The maximum Gasteiger partial charge on any atom is 0.138 e. The molecule has 20 heavy (non-hydrogen) atoms. The van der Waals surface area contributed by atoms with Gasteiger partial charge in [0.15, 0.2) is 0 Å². The summed E-state index contributed by atoms with van der Waals surface area (Å²) >= 11 is 0. The van der Waals surface area contributed by atoms with Gasteiger partial charge in [-0.15, -0.1) is 0 Å². The molecule has 3 rings (SSSR count). The highest BCUT2D eigenvalue weighted by Crippen LogP contribution is 2.30. The molecule has 3 nitrogen and oxygen atoms in total. The highest BCUT2D eigenvalue weighted by atomic mass is 16.5. The third-order valence-electron chi connectivity index (χ3n) is 4.23. The highest BCUT2D eigenvalue weighted by molar-refractivity contribution is 5.79. The Morgan fingerprint density at radius 1 is 1.10 bits per heavy atom. The van der Waals surface area contributed by atoms with Crippen molar-refractivity contribution in [2.45, 2.75) is 50.7 Å². The van der Waals surface area contributed by atoms with Gasteiger partial charge in [0.2, 0.25) is 0 Å². The second kappa shape index (κ2) is 6.51. The summed E-state index contributed by atoms with van der Waals surface area (Å²) in [4.78, 5) is 12.2. The summed E-state index contributed by atoms with van der Waals surface area (Å²) in [5, 5.41) is 0. The summed E-state index contributed by atoms with van der Waals surface area (Å²) < 4.78 is 11.4. The Bertz CT molecular complexity index is 463. The van der Waals surface area contributed by atoms with Crippen LogP contribution in [-0.2, 0) is 20.7 Å². The smallest absolute Gasteiger partial charge is 0.138 e. The molecule has 2 aliphatic rings. The van der Waals surface area contributed by atoms with Crippen LogP contribution in [0.5, 0.6) is 0 Å². The number of Topliss-reactive ketones (excluding diaryl/α,β-unsaturated/α-hetero) is 1. The molecule has 0 spiro atoms. The number of ether oxygens (including phenoxy) is 2.